The molecule has 218 valence electrons. The second-order valence-corrected chi connectivity index (χ2v) is 11.9. The van der Waals surface area contributed by atoms with E-state index in [1.54, 1.807) is 18.2 Å². The zero-order valence-corrected chi connectivity index (χ0v) is 24.4. The Morgan fingerprint density at radius 1 is 0.841 bits per heavy atom. The van der Waals surface area contributed by atoms with Crippen LogP contribution in [-0.4, -0.2) is 34.5 Å². The van der Waals surface area contributed by atoms with Crippen molar-refractivity contribution in [3.8, 4) is 0 Å². The summed E-state index contributed by atoms with van der Waals surface area (Å²) in [6.45, 7) is 5.91. The lowest BCUT2D eigenvalue weighted by molar-refractivity contribution is -0.384. The van der Waals surface area contributed by atoms with Crippen LogP contribution in [0.1, 0.15) is 49.9 Å². The van der Waals surface area contributed by atoms with Gasteiger partial charge in [-0.25, -0.2) is 0 Å². The number of nitrogens with one attached hydrogen (secondary N) is 1. The molecule has 7 rings (SSSR count). The van der Waals surface area contributed by atoms with Gasteiger partial charge in [0.15, 0.2) is 11.6 Å². The van der Waals surface area contributed by atoms with E-state index in [-0.39, 0.29) is 22.9 Å². The van der Waals surface area contributed by atoms with Crippen LogP contribution in [-0.2, 0) is 10.2 Å². The van der Waals surface area contributed by atoms with E-state index >= 15 is 0 Å². The maximum Gasteiger partial charge on any atom is 0.270 e. The third-order valence-corrected chi connectivity index (χ3v) is 9.36. The van der Waals surface area contributed by atoms with Gasteiger partial charge in [0, 0.05) is 40.2 Å². The minimum Gasteiger partial charge on any atom is -0.352 e. The first-order valence-corrected chi connectivity index (χ1v) is 14.5. The highest BCUT2D eigenvalue weighted by atomic mass is 16.6. The van der Waals surface area contributed by atoms with E-state index in [4.69, 9.17) is 0 Å². The summed E-state index contributed by atoms with van der Waals surface area (Å²) in [7, 11) is 0. The molecule has 0 radical (unpaired) electrons. The average molecular weight is 584 g/mol. The third kappa shape index (κ3) is 3.80. The number of hydrogen-bond acceptors (Lipinski definition) is 6. The van der Waals surface area contributed by atoms with Crippen LogP contribution < -0.4 is 10.2 Å². The van der Waals surface area contributed by atoms with Crippen LogP contribution >= 0.6 is 0 Å². The molecular formula is C36H29N3O5. The summed E-state index contributed by atoms with van der Waals surface area (Å²) in [6.07, 6.45) is 2.00. The Hall–Kier alpha value is -5.37. The van der Waals surface area contributed by atoms with Crippen molar-refractivity contribution >= 4 is 40.1 Å². The fourth-order valence-corrected chi connectivity index (χ4v) is 7.39. The minimum atomic E-state index is -1.49. The number of carbonyl (C=O) groups excluding carboxylic acids is 3. The van der Waals surface area contributed by atoms with Gasteiger partial charge in [-0.2, -0.15) is 0 Å². The highest BCUT2D eigenvalue weighted by molar-refractivity contribution is 6.18. The first kappa shape index (κ1) is 27.5. The van der Waals surface area contributed by atoms with Crippen LogP contribution in [0.15, 0.2) is 97.1 Å². The Morgan fingerprint density at radius 3 is 2.32 bits per heavy atom. The summed E-state index contributed by atoms with van der Waals surface area (Å²) in [5.74, 6) is -2.38. The number of nitrogens with zero attached hydrogens (tertiary/aromatic N) is 2. The molecule has 1 spiro atoms. The number of nitro benzene ring substituents is 1. The number of benzene rings is 4. The van der Waals surface area contributed by atoms with E-state index in [2.05, 4.69) is 11.4 Å². The van der Waals surface area contributed by atoms with Gasteiger partial charge in [0.1, 0.15) is 11.5 Å². The number of fused-ring (bicyclic) bond motifs is 6. The SMILES string of the molecule is CC1=C[C@H]2N(c3ccc(C)cc31)[C@@H](C(=O)c1ccc(C)cc1)[C@H](C(=O)c1cccc([N+](=O)[O-])c1)[C@]21C(=O)Nc2ccccc21. The van der Waals surface area contributed by atoms with Crippen molar-refractivity contribution in [1.82, 2.24) is 0 Å². The summed E-state index contributed by atoms with van der Waals surface area (Å²) < 4.78 is 0. The lowest BCUT2D eigenvalue weighted by atomic mass is 9.64. The Balaban J connectivity index is 1.55. The van der Waals surface area contributed by atoms with Gasteiger partial charge in [-0.1, -0.05) is 77.9 Å². The summed E-state index contributed by atoms with van der Waals surface area (Å²) in [4.78, 5) is 57.3. The van der Waals surface area contributed by atoms with Crippen LogP contribution in [0.2, 0.25) is 0 Å². The molecule has 1 amide bonds. The van der Waals surface area contributed by atoms with Gasteiger partial charge < -0.3 is 10.2 Å². The van der Waals surface area contributed by atoms with Crippen LogP contribution in [0.4, 0.5) is 17.1 Å². The number of ketones is 2. The molecule has 3 aliphatic heterocycles. The van der Waals surface area contributed by atoms with Crippen molar-refractivity contribution < 1.29 is 19.3 Å². The van der Waals surface area contributed by atoms with Gasteiger partial charge in [-0.05, 0) is 50.1 Å². The molecule has 1 saturated heterocycles. The molecule has 0 aliphatic carbocycles. The molecule has 1 N–H and O–H groups in total. The van der Waals surface area contributed by atoms with Crippen LogP contribution in [0.5, 0.6) is 0 Å². The number of Topliss-reactive ketones (excluding diaryl/α,β-unsaturated/α-hetero) is 2. The average Bonchev–Trinajstić information content (AvgIpc) is 3.49. The quantitative estimate of drug-likeness (QED) is 0.164. The zero-order valence-electron chi connectivity index (χ0n) is 24.4. The van der Waals surface area contributed by atoms with Gasteiger partial charge in [0.2, 0.25) is 5.91 Å². The molecule has 4 aromatic rings. The number of rotatable bonds is 5. The number of para-hydroxylation sites is 1. The highest BCUT2D eigenvalue weighted by Crippen LogP contribution is 2.59. The number of hydrogen-bond donors (Lipinski definition) is 1. The largest absolute Gasteiger partial charge is 0.352 e. The number of amides is 1. The van der Waals surface area contributed by atoms with Crippen LogP contribution in [0.25, 0.3) is 5.57 Å². The van der Waals surface area contributed by atoms with Crippen molar-refractivity contribution in [2.45, 2.75) is 38.3 Å². The van der Waals surface area contributed by atoms with Crippen molar-refractivity contribution in [2.75, 3.05) is 10.2 Å². The molecule has 0 unspecified atom stereocenters. The number of carbonyl (C=O) groups is 3. The lowest BCUT2D eigenvalue weighted by Gasteiger charge is -2.39. The molecule has 3 heterocycles. The van der Waals surface area contributed by atoms with E-state index < -0.39 is 34.1 Å². The van der Waals surface area contributed by atoms with E-state index in [1.807, 2.05) is 74.2 Å². The fraction of sp³-hybridized carbons (Fsp3) is 0.194. The predicted molar refractivity (Wildman–Crippen MR) is 168 cm³/mol. The predicted octanol–water partition coefficient (Wildman–Crippen LogP) is 6.46. The van der Waals surface area contributed by atoms with E-state index in [0.717, 1.165) is 28.0 Å². The monoisotopic (exact) mass is 583 g/mol. The lowest BCUT2D eigenvalue weighted by Crippen LogP contribution is -2.51. The molecule has 4 atom stereocenters. The Labute approximate surface area is 254 Å². The van der Waals surface area contributed by atoms with Crippen LogP contribution in [0, 0.1) is 29.9 Å². The topological polar surface area (TPSA) is 110 Å². The molecule has 0 bridgehead atoms. The second-order valence-electron chi connectivity index (χ2n) is 11.9. The Morgan fingerprint density at radius 2 is 1.57 bits per heavy atom. The first-order chi connectivity index (χ1) is 21.1. The first-order valence-electron chi connectivity index (χ1n) is 14.5. The number of nitro groups is 1. The summed E-state index contributed by atoms with van der Waals surface area (Å²) in [6, 6.07) is 24.2. The molecule has 44 heavy (non-hydrogen) atoms. The van der Waals surface area contributed by atoms with Gasteiger partial charge in [-0.15, -0.1) is 0 Å². The van der Waals surface area contributed by atoms with Crippen molar-refractivity contribution in [3.63, 3.8) is 0 Å². The third-order valence-electron chi connectivity index (χ3n) is 9.36. The highest BCUT2D eigenvalue weighted by Gasteiger charge is 2.70. The summed E-state index contributed by atoms with van der Waals surface area (Å²) in [5, 5.41) is 14.7. The smallest absolute Gasteiger partial charge is 0.270 e. The molecule has 4 aromatic carbocycles. The van der Waals surface area contributed by atoms with Gasteiger partial charge in [0.25, 0.3) is 5.69 Å². The molecule has 8 nitrogen and oxygen atoms in total. The maximum absolute atomic E-state index is 14.9. The molecule has 0 saturated carbocycles. The number of allylic oxidation sites excluding steroid dienone is 1. The van der Waals surface area contributed by atoms with E-state index in [0.29, 0.717) is 16.8 Å². The van der Waals surface area contributed by atoms with Crippen LogP contribution in [0.3, 0.4) is 0 Å². The molecule has 8 heteroatoms. The molecule has 3 aliphatic rings. The number of non-ortho nitro benzene ring substituents is 1. The fourth-order valence-electron chi connectivity index (χ4n) is 7.39. The Bertz CT molecular complexity index is 1950. The van der Waals surface area contributed by atoms with Crippen molar-refractivity contribution in [2.24, 2.45) is 5.92 Å². The molecule has 1 fully saturated rings. The standard InChI is InChI=1S/C36H29N3O5/c1-20-11-14-23(15-12-20)34(41)32-31(33(40)24-7-6-8-25(19-24)39(43)44)36(27-9-4-5-10-28(27)37-35(36)42)30-18-22(3)26-17-21(2)13-16-29(26)38(30)32/h4-19,30-32H,1-3H3,(H,37,42)/t30-,31-,32-,36-/m1/s1. The number of aryl methyl sites for hydroxylation is 2. The Kier molecular flexibility index (Phi) is 6.14. The molecular weight excluding hydrogens is 554 g/mol. The zero-order chi connectivity index (χ0) is 30.9. The summed E-state index contributed by atoms with van der Waals surface area (Å²) in [5.41, 5.74) is 4.61. The minimum absolute atomic E-state index is 0.0761. The van der Waals surface area contributed by atoms with Crippen molar-refractivity contribution in [3.05, 3.63) is 141 Å². The van der Waals surface area contributed by atoms with Gasteiger partial charge in [0.05, 0.1) is 16.9 Å². The second kappa shape index (κ2) is 9.84. The molecule has 0 aromatic heterocycles. The maximum atomic E-state index is 14.9. The van der Waals surface area contributed by atoms with Crippen molar-refractivity contribution in [1.29, 1.82) is 0 Å². The van der Waals surface area contributed by atoms with Gasteiger partial charge >= 0.3 is 0 Å². The number of anilines is 2. The normalized spacial score (nSPS) is 23.0. The van der Waals surface area contributed by atoms with Gasteiger partial charge in [-0.3, -0.25) is 24.5 Å². The van der Waals surface area contributed by atoms with E-state index in [1.165, 1.54) is 24.3 Å². The van der Waals surface area contributed by atoms with E-state index in [9.17, 15) is 24.5 Å². The summed E-state index contributed by atoms with van der Waals surface area (Å²) >= 11 is 0.